The second-order valence-corrected chi connectivity index (χ2v) is 7.82. The number of carbonyl (C=O) groups is 3. The molecule has 3 aromatic rings. The van der Waals surface area contributed by atoms with Gasteiger partial charge in [0.2, 0.25) is 11.8 Å². The molecule has 31 heavy (non-hydrogen) atoms. The summed E-state index contributed by atoms with van der Waals surface area (Å²) in [6, 6.07) is 13.0. The summed E-state index contributed by atoms with van der Waals surface area (Å²) in [5.74, 6) is -1.23. The van der Waals surface area contributed by atoms with Crippen LogP contribution in [0.5, 0.6) is 0 Å². The van der Waals surface area contributed by atoms with Crippen LogP contribution in [0.3, 0.4) is 0 Å². The van der Waals surface area contributed by atoms with E-state index in [0.29, 0.717) is 18.5 Å². The molecule has 0 bridgehead atoms. The molecule has 0 radical (unpaired) electrons. The number of rotatable bonds is 3. The molecule has 2 aliphatic heterocycles. The molecule has 0 saturated carbocycles. The van der Waals surface area contributed by atoms with Crippen molar-refractivity contribution < 1.29 is 18.8 Å². The zero-order valence-corrected chi connectivity index (χ0v) is 16.8. The summed E-state index contributed by atoms with van der Waals surface area (Å²) in [4.78, 5) is 38.0. The van der Waals surface area contributed by atoms with Gasteiger partial charge in [0.1, 0.15) is 11.9 Å². The van der Waals surface area contributed by atoms with Crippen LogP contribution in [0.15, 0.2) is 48.5 Å². The van der Waals surface area contributed by atoms with Crippen molar-refractivity contribution in [2.75, 3.05) is 0 Å². The summed E-state index contributed by atoms with van der Waals surface area (Å²) in [7, 11) is 1.82. The molecular weight excluding hydrogens is 399 g/mol. The number of nitrogens with one attached hydrogen (secondary N) is 1. The molecule has 7 nitrogen and oxygen atoms in total. The molecule has 2 aliphatic rings. The van der Waals surface area contributed by atoms with Crippen molar-refractivity contribution in [2.45, 2.75) is 25.4 Å². The van der Waals surface area contributed by atoms with E-state index in [1.807, 2.05) is 25.2 Å². The predicted molar refractivity (Wildman–Crippen MR) is 110 cm³/mol. The van der Waals surface area contributed by atoms with E-state index in [0.717, 1.165) is 28.1 Å². The SMILES string of the molecule is Cn1nc(-c2ccc3c(c2)CN(C2CCC(=O)NC2=O)C3=O)cc1-c1ccc(F)cc1. The maximum atomic E-state index is 13.2. The third-order valence-electron chi connectivity index (χ3n) is 5.84. The van der Waals surface area contributed by atoms with Crippen molar-refractivity contribution in [3.8, 4) is 22.5 Å². The van der Waals surface area contributed by atoms with Crippen molar-refractivity contribution >= 4 is 17.7 Å². The third-order valence-corrected chi connectivity index (χ3v) is 5.84. The van der Waals surface area contributed by atoms with E-state index in [1.54, 1.807) is 22.9 Å². The monoisotopic (exact) mass is 418 g/mol. The number of amides is 3. The first-order valence-electron chi connectivity index (χ1n) is 9.98. The number of aryl methyl sites for hydroxylation is 1. The summed E-state index contributed by atoms with van der Waals surface area (Å²) < 4.78 is 15.0. The molecule has 1 atom stereocenters. The fourth-order valence-electron chi connectivity index (χ4n) is 4.23. The van der Waals surface area contributed by atoms with Crippen LogP contribution in [0.4, 0.5) is 4.39 Å². The van der Waals surface area contributed by atoms with E-state index in [1.165, 1.54) is 17.0 Å². The first kappa shape index (κ1) is 19.2. The minimum Gasteiger partial charge on any atom is -0.322 e. The fraction of sp³-hybridized carbons (Fsp3) is 0.217. The van der Waals surface area contributed by atoms with Crippen molar-refractivity contribution in [1.82, 2.24) is 20.0 Å². The number of aromatic nitrogens is 2. The number of nitrogens with zero attached hydrogens (tertiary/aromatic N) is 3. The minimum absolute atomic E-state index is 0.205. The lowest BCUT2D eigenvalue weighted by molar-refractivity contribution is -0.136. The molecule has 2 aromatic carbocycles. The summed E-state index contributed by atoms with van der Waals surface area (Å²) in [5.41, 5.74) is 4.65. The van der Waals surface area contributed by atoms with Gasteiger partial charge in [-0.05, 0) is 60.0 Å². The number of fused-ring (bicyclic) bond motifs is 1. The minimum atomic E-state index is -0.638. The van der Waals surface area contributed by atoms with Crippen molar-refractivity contribution in [3.63, 3.8) is 0 Å². The molecule has 0 spiro atoms. The van der Waals surface area contributed by atoms with Crippen LogP contribution >= 0.6 is 0 Å². The van der Waals surface area contributed by atoms with Crippen molar-refractivity contribution in [2.24, 2.45) is 7.05 Å². The van der Waals surface area contributed by atoms with Gasteiger partial charge in [-0.3, -0.25) is 24.4 Å². The van der Waals surface area contributed by atoms with Gasteiger partial charge in [0.15, 0.2) is 0 Å². The quantitative estimate of drug-likeness (QED) is 0.663. The molecule has 8 heteroatoms. The summed E-state index contributed by atoms with van der Waals surface area (Å²) in [6.07, 6.45) is 0.556. The molecule has 5 rings (SSSR count). The van der Waals surface area contributed by atoms with E-state index in [2.05, 4.69) is 10.4 Å². The number of piperidine rings is 1. The number of benzene rings is 2. The maximum absolute atomic E-state index is 13.2. The lowest BCUT2D eigenvalue weighted by atomic mass is 10.0. The number of halogens is 1. The molecule has 156 valence electrons. The number of imide groups is 1. The second-order valence-electron chi connectivity index (χ2n) is 7.82. The normalized spacial score (nSPS) is 18.3. The van der Waals surface area contributed by atoms with Gasteiger partial charge in [-0.1, -0.05) is 6.07 Å². The Labute approximate surface area is 177 Å². The Morgan fingerprint density at radius 3 is 2.52 bits per heavy atom. The van der Waals surface area contributed by atoms with Crippen molar-refractivity contribution in [1.29, 1.82) is 0 Å². The highest BCUT2D eigenvalue weighted by molar-refractivity contribution is 6.05. The average Bonchev–Trinajstić information content (AvgIpc) is 3.29. The largest absolute Gasteiger partial charge is 0.322 e. The zero-order valence-electron chi connectivity index (χ0n) is 16.8. The van der Waals surface area contributed by atoms with Gasteiger partial charge in [-0.2, -0.15) is 5.10 Å². The molecular formula is C23H19FN4O3. The fourth-order valence-corrected chi connectivity index (χ4v) is 4.23. The Morgan fingerprint density at radius 2 is 1.77 bits per heavy atom. The molecule has 1 aromatic heterocycles. The van der Waals surface area contributed by atoms with Gasteiger partial charge in [0.25, 0.3) is 5.91 Å². The van der Waals surface area contributed by atoms with Gasteiger partial charge in [-0.25, -0.2) is 4.39 Å². The van der Waals surface area contributed by atoms with Crippen LogP contribution in [0.25, 0.3) is 22.5 Å². The number of hydrogen-bond acceptors (Lipinski definition) is 4. The zero-order chi connectivity index (χ0) is 21.7. The topological polar surface area (TPSA) is 84.3 Å². The molecule has 3 heterocycles. The van der Waals surface area contributed by atoms with E-state index < -0.39 is 11.9 Å². The Bertz CT molecular complexity index is 1230. The summed E-state index contributed by atoms with van der Waals surface area (Å²) in [6.45, 7) is 0.311. The molecule has 1 fully saturated rings. The standard InChI is InChI=1S/C23H19FN4O3/c1-27-20(13-2-5-16(24)6-3-13)11-18(26-27)14-4-7-17-15(10-14)12-28(23(17)31)19-8-9-21(29)25-22(19)30/h2-7,10-11,19H,8-9,12H2,1H3,(H,25,29,30). The van der Waals surface area contributed by atoms with Gasteiger partial charge >= 0.3 is 0 Å². The van der Waals surface area contributed by atoms with E-state index >= 15 is 0 Å². The van der Waals surface area contributed by atoms with E-state index in [4.69, 9.17) is 0 Å². The first-order valence-corrected chi connectivity index (χ1v) is 9.98. The summed E-state index contributed by atoms with van der Waals surface area (Å²) >= 11 is 0. The predicted octanol–water partition coefficient (Wildman–Crippen LogP) is 2.65. The lowest BCUT2D eigenvalue weighted by Crippen LogP contribution is -2.52. The van der Waals surface area contributed by atoms with Gasteiger partial charge in [0.05, 0.1) is 11.4 Å². The number of carbonyl (C=O) groups excluding carboxylic acids is 3. The van der Waals surface area contributed by atoms with Crippen LogP contribution in [0.1, 0.15) is 28.8 Å². The van der Waals surface area contributed by atoms with Gasteiger partial charge < -0.3 is 4.90 Å². The molecule has 0 aliphatic carbocycles. The summed E-state index contributed by atoms with van der Waals surface area (Å²) in [5, 5.41) is 6.89. The van der Waals surface area contributed by atoms with Crippen LogP contribution in [-0.4, -0.2) is 38.4 Å². The van der Waals surface area contributed by atoms with Gasteiger partial charge in [-0.15, -0.1) is 0 Å². The van der Waals surface area contributed by atoms with E-state index in [-0.39, 0.29) is 24.1 Å². The van der Waals surface area contributed by atoms with Crippen molar-refractivity contribution in [3.05, 3.63) is 65.5 Å². The van der Waals surface area contributed by atoms with Gasteiger partial charge in [0, 0.05) is 31.1 Å². The highest BCUT2D eigenvalue weighted by atomic mass is 19.1. The van der Waals surface area contributed by atoms with Crippen LogP contribution in [0, 0.1) is 5.82 Å². The van der Waals surface area contributed by atoms with Crippen LogP contribution < -0.4 is 5.32 Å². The Kier molecular flexibility index (Phi) is 4.43. The second kappa shape index (κ2) is 7.16. The molecule has 1 unspecified atom stereocenters. The lowest BCUT2D eigenvalue weighted by Gasteiger charge is -2.29. The first-order chi connectivity index (χ1) is 14.9. The van der Waals surface area contributed by atoms with Crippen LogP contribution in [-0.2, 0) is 23.2 Å². The molecule has 1 saturated heterocycles. The molecule has 3 amide bonds. The van der Waals surface area contributed by atoms with E-state index in [9.17, 15) is 18.8 Å². The Morgan fingerprint density at radius 1 is 1.03 bits per heavy atom. The Balaban J connectivity index is 1.43. The highest BCUT2D eigenvalue weighted by Gasteiger charge is 2.39. The Hall–Kier alpha value is -3.81. The smallest absolute Gasteiger partial charge is 0.255 e. The maximum Gasteiger partial charge on any atom is 0.255 e. The highest BCUT2D eigenvalue weighted by Crippen LogP contribution is 2.32. The third kappa shape index (κ3) is 3.30. The molecule has 1 N–H and O–H groups in total. The average molecular weight is 418 g/mol. The van der Waals surface area contributed by atoms with Crippen LogP contribution in [0.2, 0.25) is 0 Å². The number of hydrogen-bond donors (Lipinski definition) is 1.